The first-order valence-electron chi connectivity index (χ1n) is 20.3. The molecule has 0 bridgehead atoms. The van der Waals surface area contributed by atoms with Crippen molar-refractivity contribution in [2.75, 3.05) is 5.32 Å². The number of nitrogens with zero attached hydrogens (tertiary/aromatic N) is 1. The topological polar surface area (TPSA) is 24.9 Å². The van der Waals surface area contributed by atoms with E-state index in [1.54, 1.807) is 0 Å². The zero-order valence-corrected chi connectivity index (χ0v) is 32.1. The van der Waals surface area contributed by atoms with Gasteiger partial charge in [-0.25, -0.2) is 4.98 Å². The number of benzene rings is 4. The van der Waals surface area contributed by atoms with Crippen molar-refractivity contribution in [3.05, 3.63) is 125 Å². The highest BCUT2D eigenvalue weighted by Gasteiger charge is 2.16. The van der Waals surface area contributed by atoms with Crippen molar-refractivity contribution in [1.29, 1.82) is 0 Å². The third-order valence-corrected chi connectivity index (χ3v) is 10.2. The number of anilines is 2. The van der Waals surface area contributed by atoms with Gasteiger partial charge in [0.05, 0.1) is 11.4 Å². The number of aromatic nitrogens is 1. The number of hydrogen-bond acceptors (Lipinski definition) is 2. The van der Waals surface area contributed by atoms with Gasteiger partial charge >= 0.3 is 0 Å². The lowest BCUT2D eigenvalue weighted by Crippen LogP contribution is -2.00. The van der Waals surface area contributed by atoms with E-state index >= 15 is 0 Å². The first kappa shape index (κ1) is 38.1. The van der Waals surface area contributed by atoms with Crippen molar-refractivity contribution in [3.63, 3.8) is 0 Å². The van der Waals surface area contributed by atoms with Gasteiger partial charge in [0.25, 0.3) is 0 Å². The monoisotopic (exact) mass is 678 g/mol. The molecule has 2 nitrogen and oxygen atoms in total. The first-order valence-corrected chi connectivity index (χ1v) is 20.3. The third-order valence-electron chi connectivity index (χ3n) is 10.2. The fourth-order valence-electron chi connectivity index (χ4n) is 7.22. The van der Waals surface area contributed by atoms with Gasteiger partial charge in [-0.3, -0.25) is 0 Å². The quantitative estimate of drug-likeness (QED) is 0.0781. The second-order valence-electron chi connectivity index (χ2n) is 14.5. The molecule has 5 aromatic rings. The van der Waals surface area contributed by atoms with Gasteiger partial charge < -0.3 is 5.32 Å². The van der Waals surface area contributed by atoms with Crippen LogP contribution in [0.3, 0.4) is 0 Å². The van der Waals surface area contributed by atoms with Crippen molar-refractivity contribution in [2.24, 2.45) is 0 Å². The second-order valence-corrected chi connectivity index (χ2v) is 14.5. The molecule has 4 aromatic carbocycles. The van der Waals surface area contributed by atoms with E-state index in [9.17, 15) is 0 Å². The smallest absolute Gasteiger partial charge is 0.0718 e. The molecule has 0 aliphatic heterocycles. The molecule has 0 amide bonds. The Morgan fingerprint density at radius 2 is 0.863 bits per heavy atom. The SMILES string of the molecule is CCCCCc1ccc(-c2cc(-c3ccc(Nc4ccccc4)cc3)cc(-c3ccc(CCCCC)cc3CCCCC)n2)c(CCCCC)c1. The number of rotatable bonds is 21. The van der Waals surface area contributed by atoms with Crippen LogP contribution < -0.4 is 5.32 Å². The summed E-state index contributed by atoms with van der Waals surface area (Å²) < 4.78 is 0. The minimum absolute atomic E-state index is 1.09. The largest absolute Gasteiger partial charge is 0.356 e. The fourth-order valence-corrected chi connectivity index (χ4v) is 7.22. The maximum Gasteiger partial charge on any atom is 0.0718 e. The lowest BCUT2D eigenvalue weighted by molar-refractivity contribution is 0.709. The molecule has 268 valence electrons. The van der Waals surface area contributed by atoms with Crippen molar-refractivity contribution in [2.45, 2.75) is 130 Å². The number of hydrogen-bond donors (Lipinski definition) is 1. The predicted octanol–water partition coefficient (Wildman–Crippen LogP) is 14.8. The van der Waals surface area contributed by atoms with Crippen LogP contribution >= 0.6 is 0 Å². The maximum atomic E-state index is 5.55. The van der Waals surface area contributed by atoms with E-state index in [-0.39, 0.29) is 0 Å². The van der Waals surface area contributed by atoms with Crippen LogP contribution in [0.2, 0.25) is 0 Å². The van der Waals surface area contributed by atoms with Crippen LogP contribution in [0, 0.1) is 0 Å². The van der Waals surface area contributed by atoms with Crippen molar-refractivity contribution < 1.29 is 0 Å². The first-order chi connectivity index (χ1) is 25.1. The molecule has 0 unspecified atom stereocenters. The van der Waals surface area contributed by atoms with E-state index in [4.69, 9.17) is 4.98 Å². The van der Waals surface area contributed by atoms with E-state index in [1.165, 1.54) is 122 Å². The Bertz CT molecular complexity index is 1670. The van der Waals surface area contributed by atoms with Gasteiger partial charge in [-0.05, 0) is 121 Å². The molecule has 1 aromatic heterocycles. The summed E-state index contributed by atoms with van der Waals surface area (Å²) in [6.45, 7) is 9.18. The summed E-state index contributed by atoms with van der Waals surface area (Å²) in [4.78, 5) is 5.55. The molecule has 1 N–H and O–H groups in total. The standard InChI is InChI=1S/C49H62N2/c1-5-9-14-20-38-26-32-46(41(34-38)22-16-11-7-3)48-36-43(40-28-30-45(31-29-40)50-44-24-18-13-19-25-44)37-49(51-48)47-33-27-39(21-15-10-6-2)35-42(47)23-17-12-8-4/h13,18-19,24-37,50H,5-12,14-17,20-23H2,1-4H3. The van der Waals surface area contributed by atoms with E-state index in [2.05, 4.69) is 136 Å². The minimum Gasteiger partial charge on any atom is -0.356 e. The van der Waals surface area contributed by atoms with Crippen LogP contribution in [-0.4, -0.2) is 4.98 Å². The number of pyridine rings is 1. The van der Waals surface area contributed by atoms with Crippen LogP contribution in [0.4, 0.5) is 11.4 Å². The van der Waals surface area contributed by atoms with Gasteiger partial charge in [0.15, 0.2) is 0 Å². The zero-order chi connectivity index (χ0) is 35.7. The van der Waals surface area contributed by atoms with Gasteiger partial charge in [0.2, 0.25) is 0 Å². The normalized spacial score (nSPS) is 11.2. The molecule has 0 atom stereocenters. The Labute approximate surface area is 310 Å². The molecule has 0 saturated carbocycles. The Balaban J connectivity index is 1.60. The van der Waals surface area contributed by atoms with Crippen LogP contribution in [0.25, 0.3) is 33.6 Å². The highest BCUT2D eigenvalue weighted by molar-refractivity contribution is 5.79. The van der Waals surface area contributed by atoms with E-state index in [0.29, 0.717) is 0 Å². The molecule has 0 fully saturated rings. The number of nitrogens with one attached hydrogen (secondary N) is 1. The van der Waals surface area contributed by atoms with Crippen LogP contribution in [0.1, 0.15) is 127 Å². The Morgan fingerprint density at radius 3 is 1.33 bits per heavy atom. The molecular weight excluding hydrogens is 617 g/mol. The fraction of sp³-hybridized carbons (Fsp3) is 0.408. The molecule has 0 radical (unpaired) electrons. The summed E-state index contributed by atoms with van der Waals surface area (Å²) in [5.74, 6) is 0. The third kappa shape index (κ3) is 11.4. The lowest BCUT2D eigenvalue weighted by Gasteiger charge is -2.17. The summed E-state index contributed by atoms with van der Waals surface area (Å²) in [7, 11) is 0. The molecule has 2 heteroatoms. The lowest BCUT2D eigenvalue weighted by atomic mass is 9.91. The summed E-state index contributed by atoms with van der Waals surface area (Å²) in [5, 5.41) is 3.56. The second kappa shape index (κ2) is 20.6. The Hall–Kier alpha value is -4.17. The molecule has 0 spiro atoms. The average Bonchev–Trinajstić information content (AvgIpc) is 3.16. The summed E-state index contributed by atoms with van der Waals surface area (Å²) in [6.07, 6.45) is 19.5. The molecular formula is C49H62N2. The minimum atomic E-state index is 1.09. The van der Waals surface area contributed by atoms with E-state index in [1.807, 2.05) is 0 Å². The number of unbranched alkanes of at least 4 members (excludes halogenated alkanes) is 8. The molecule has 1 heterocycles. The number of para-hydroxylation sites is 1. The summed E-state index contributed by atoms with van der Waals surface area (Å²) in [5.41, 5.74) is 15.2. The predicted molar refractivity (Wildman–Crippen MR) is 223 cm³/mol. The van der Waals surface area contributed by atoms with E-state index < -0.39 is 0 Å². The molecule has 5 rings (SSSR count). The van der Waals surface area contributed by atoms with Crippen LogP contribution in [0.15, 0.2) is 103 Å². The van der Waals surface area contributed by atoms with Crippen LogP contribution in [0.5, 0.6) is 0 Å². The molecule has 0 aliphatic rings. The van der Waals surface area contributed by atoms with Crippen LogP contribution in [-0.2, 0) is 25.7 Å². The number of aryl methyl sites for hydroxylation is 4. The highest BCUT2D eigenvalue weighted by atomic mass is 14.9. The van der Waals surface area contributed by atoms with Gasteiger partial charge in [-0.1, -0.05) is 146 Å². The van der Waals surface area contributed by atoms with Gasteiger partial charge in [0, 0.05) is 22.5 Å². The Kier molecular flexibility index (Phi) is 15.4. The molecule has 51 heavy (non-hydrogen) atoms. The van der Waals surface area contributed by atoms with Crippen molar-refractivity contribution in [1.82, 2.24) is 4.98 Å². The molecule has 0 saturated heterocycles. The van der Waals surface area contributed by atoms with Gasteiger partial charge in [-0.2, -0.15) is 0 Å². The molecule has 0 aliphatic carbocycles. The summed E-state index contributed by atoms with van der Waals surface area (Å²) >= 11 is 0. The Morgan fingerprint density at radius 1 is 0.412 bits per heavy atom. The van der Waals surface area contributed by atoms with Gasteiger partial charge in [-0.15, -0.1) is 0 Å². The van der Waals surface area contributed by atoms with E-state index in [0.717, 1.165) is 48.4 Å². The van der Waals surface area contributed by atoms with Crippen molar-refractivity contribution >= 4 is 11.4 Å². The zero-order valence-electron chi connectivity index (χ0n) is 32.1. The van der Waals surface area contributed by atoms with Crippen molar-refractivity contribution in [3.8, 4) is 33.6 Å². The summed E-state index contributed by atoms with van der Waals surface area (Å²) in [6, 6.07) is 38.5. The van der Waals surface area contributed by atoms with Gasteiger partial charge in [0.1, 0.15) is 0 Å². The average molecular weight is 679 g/mol. The maximum absolute atomic E-state index is 5.55. The highest BCUT2D eigenvalue weighted by Crippen LogP contribution is 2.35.